The van der Waals surface area contributed by atoms with Crippen LogP contribution in [-0.4, -0.2) is 12.3 Å². The van der Waals surface area contributed by atoms with Gasteiger partial charge in [0.2, 0.25) is 6.29 Å². The molecular formula is C21H22O4. The molecule has 2 aromatic carbocycles. The van der Waals surface area contributed by atoms with Crippen LogP contribution >= 0.6 is 0 Å². The van der Waals surface area contributed by atoms with Gasteiger partial charge in [-0.05, 0) is 42.2 Å². The Morgan fingerprint density at radius 3 is 2.44 bits per heavy atom. The van der Waals surface area contributed by atoms with E-state index in [-0.39, 0.29) is 29.3 Å². The van der Waals surface area contributed by atoms with Crippen LogP contribution in [0.3, 0.4) is 0 Å². The third-order valence-corrected chi connectivity index (χ3v) is 5.33. The molecule has 130 valence electrons. The predicted molar refractivity (Wildman–Crippen MR) is 93.1 cm³/mol. The van der Waals surface area contributed by atoms with Crippen LogP contribution in [0.25, 0.3) is 0 Å². The van der Waals surface area contributed by atoms with E-state index >= 15 is 0 Å². The standard InChI is InChI=1S/C21H22O4/c1-13(23-20-18-17(19(22)25-20)21(18,2)3)14-8-7-11-16(12-14)24-15-9-5-4-6-10-15/h4-13,17-18,20H,1-3H3/t13-,17-,18+,20+/m0/s1. The number of cyclic esters (lactones) is 1. The third-order valence-electron chi connectivity index (χ3n) is 5.33. The molecule has 2 aromatic rings. The number of rotatable bonds is 5. The first-order chi connectivity index (χ1) is 12.0. The summed E-state index contributed by atoms with van der Waals surface area (Å²) in [4.78, 5) is 11.9. The molecule has 2 aliphatic rings. The van der Waals surface area contributed by atoms with Gasteiger partial charge in [0.05, 0.1) is 12.0 Å². The van der Waals surface area contributed by atoms with E-state index in [4.69, 9.17) is 14.2 Å². The number of ether oxygens (including phenoxy) is 3. The lowest BCUT2D eigenvalue weighted by Gasteiger charge is -2.22. The van der Waals surface area contributed by atoms with Crippen LogP contribution < -0.4 is 4.74 Å². The molecule has 0 amide bonds. The molecule has 4 heteroatoms. The first-order valence-corrected chi connectivity index (χ1v) is 8.65. The average Bonchev–Trinajstić information content (AvgIpc) is 2.99. The van der Waals surface area contributed by atoms with Crippen LogP contribution in [0.5, 0.6) is 11.5 Å². The summed E-state index contributed by atoms with van der Waals surface area (Å²) < 4.78 is 17.3. The number of carbonyl (C=O) groups is 1. The molecule has 2 fully saturated rings. The van der Waals surface area contributed by atoms with Crippen molar-refractivity contribution in [3.63, 3.8) is 0 Å². The molecule has 1 heterocycles. The number of hydrogen-bond acceptors (Lipinski definition) is 4. The summed E-state index contributed by atoms with van der Waals surface area (Å²) in [6, 6.07) is 17.5. The van der Waals surface area contributed by atoms with Crippen molar-refractivity contribution in [3.05, 3.63) is 60.2 Å². The topological polar surface area (TPSA) is 44.8 Å². The first kappa shape index (κ1) is 16.2. The van der Waals surface area contributed by atoms with Crippen molar-refractivity contribution in [2.45, 2.75) is 33.2 Å². The van der Waals surface area contributed by atoms with Crippen LogP contribution in [0.4, 0.5) is 0 Å². The second kappa shape index (κ2) is 5.88. The van der Waals surface area contributed by atoms with Gasteiger partial charge in [0.25, 0.3) is 0 Å². The maximum atomic E-state index is 11.9. The Hall–Kier alpha value is -2.33. The number of fused-ring (bicyclic) bond motifs is 1. The average molecular weight is 338 g/mol. The minimum absolute atomic E-state index is 0.0159. The minimum atomic E-state index is -0.457. The predicted octanol–water partition coefficient (Wildman–Crippen LogP) is 4.71. The van der Waals surface area contributed by atoms with E-state index in [1.807, 2.05) is 61.5 Å². The minimum Gasteiger partial charge on any atom is -0.457 e. The summed E-state index contributed by atoms with van der Waals surface area (Å²) in [5.74, 6) is 1.56. The van der Waals surface area contributed by atoms with Crippen molar-refractivity contribution in [1.82, 2.24) is 0 Å². The van der Waals surface area contributed by atoms with Crippen LogP contribution in [0.1, 0.15) is 32.4 Å². The SMILES string of the molecule is C[C@H](O[C@@H]1OC(=O)[C@@H]2[C@H]1C2(C)C)c1cccc(Oc2ccccc2)c1. The molecule has 0 aromatic heterocycles. The maximum absolute atomic E-state index is 11.9. The van der Waals surface area contributed by atoms with E-state index in [1.165, 1.54) is 0 Å². The van der Waals surface area contributed by atoms with E-state index in [2.05, 4.69) is 13.8 Å². The van der Waals surface area contributed by atoms with Crippen molar-refractivity contribution >= 4 is 5.97 Å². The van der Waals surface area contributed by atoms with Crippen molar-refractivity contribution in [3.8, 4) is 11.5 Å². The van der Waals surface area contributed by atoms with Gasteiger partial charge in [-0.2, -0.15) is 0 Å². The van der Waals surface area contributed by atoms with E-state index in [0.717, 1.165) is 17.1 Å². The van der Waals surface area contributed by atoms with Crippen LogP contribution in [0.15, 0.2) is 54.6 Å². The molecule has 0 bridgehead atoms. The molecule has 1 aliphatic carbocycles. The van der Waals surface area contributed by atoms with Crippen LogP contribution in [-0.2, 0) is 14.3 Å². The van der Waals surface area contributed by atoms with Crippen LogP contribution in [0, 0.1) is 17.3 Å². The fraction of sp³-hybridized carbons (Fsp3) is 0.381. The Labute approximate surface area is 147 Å². The van der Waals surface area contributed by atoms with Gasteiger partial charge in [-0.15, -0.1) is 0 Å². The molecule has 4 atom stereocenters. The summed E-state index contributed by atoms with van der Waals surface area (Å²) in [5.41, 5.74) is 0.976. The Bertz CT molecular complexity index is 783. The highest BCUT2D eigenvalue weighted by atomic mass is 16.7. The zero-order valence-corrected chi connectivity index (χ0v) is 14.6. The van der Waals surface area contributed by atoms with Gasteiger partial charge in [0.15, 0.2) is 0 Å². The Morgan fingerprint density at radius 1 is 1.04 bits per heavy atom. The van der Waals surface area contributed by atoms with Crippen LogP contribution in [0.2, 0.25) is 0 Å². The Balaban J connectivity index is 1.45. The highest BCUT2D eigenvalue weighted by Gasteiger charge is 2.72. The molecule has 1 aliphatic heterocycles. The Morgan fingerprint density at radius 2 is 1.76 bits per heavy atom. The summed E-state index contributed by atoms with van der Waals surface area (Å²) in [5, 5.41) is 0. The Kier molecular flexibility index (Phi) is 3.80. The van der Waals surface area contributed by atoms with Crippen molar-refractivity contribution in [2.24, 2.45) is 17.3 Å². The summed E-state index contributed by atoms with van der Waals surface area (Å²) in [7, 11) is 0. The zero-order chi connectivity index (χ0) is 17.6. The molecule has 25 heavy (non-hydrogen) atoms. The molecule has 4 nitrogen and oxygen atoms in total. The summed E-state index contributed by atoms with van der Waals surface area (Å²) in [6.07, 6.45) is -0.645. The molecule has 1 saturated carbocycles. The number of carbonyl (C=O) groups excluding carboxylic acids is 1. The third kappa shape index (κ3) is 2.91. The number of para-hydroxylation sites is 1. The summed E-state index contributed by atoms with van der Waals surface area (Å²) in [6.45, 7) is 6.16. The van der Waals surface area contributed by atoms with E-state index in [1.54, 1.807) is 0 Å². The molecule has 0 N–H and O–H groups in total. The monoisotopic (exact) mass is 338 g/mol. The zero-order valence-electron chi connectivity index (χ0n) is 14.6. The normalized spacial score (nSPS) is 27.3. The number of esters is 1. The second-order valence-corrected chi connectivity index (χ2v) is 7.40. The second-order valence-electron chi connectivity index (χ2n) is 7.40. The molecule has 4 rings (SSSR count). The van der Waals surface area contributed by atoms with Crippen molar-refractivity contribution in [1.29, 1.82) is 0 Å². The maximum Gasteiger partial charge on any atom is 0.312 e. The fourth-order valence-corrected chi connectivity index (χ4v) is 3.74. The van der Waals surface area contributed by atoms with Crippen molar-refractivity contribution < 1.29 is 19.0 Å². The molecular weight excluding hydrogens is 316 g/mol. The summed E-state index contributed by atoms with van der Waals surface area (Å²) >= 11 is 0. The smallest absolute Gasteiger partial charge is 0.312 e. The molecule has 0 spiro atoms. The highest BCUT2D eigenvalue weighted by Crippen LogP contribution is 2.65. The lowest BCUT2D eigenvalue weighted by atomic mass is 10.1. The fourth-order valence-electron chi connectivity index (χ4n) is 3.74. The molecule has 0 radical (unpaired) electrons. The van der Waals surface area contributed by atoms with E-state index < -0.39 is 6.29 Å². The van der Waals surface area contributed by atoms with Gasteiger partial charge in [0, 0.05) is 5.92 Å². The largest absolute Gasteiger partial charge is 0.457 e. The van der Waals surface area contributed by atoms with E-state index in [0.29, 0.717) is 0 Å². The van der Waals surface area contributed by atoms with Crippen molar-refractivity contribution in [2.75, 3.05) is 0 Å². The highest BCUT2D eigenvalue weighted by molar-refractivity contribution is 5.80. The van der Waals surface area contributed by atoms with E-state index in [9.17, 15) is 4.79 Å². The van der Waals surface area contributed by atoms with Gasteiger partial charge in [-0.3, -0.25) is 4.79 Å². The lowest BCUT2D eigenvalue weighted by molar-refractivity contribution is -0.186. The van der Waals surface area contributed by atoms with Gasteiger partial charge in [0.1, 0.15) is 11.5 Å². The lowest BCUT2D eigenvalue weighted by Crippen LogP contribution is -2.24. The van der Waals surface area contributed by atoms with Gasteiger partial charge < -0.3 is 14.2 Å². The molecule has 1 saturated heterocycles. The molecule has 0 unspecified atom stereocenters. The number of benzene rings is 2. The first-order valence-electron chi connectivity index (χ1n) is 8.65. The quantitative estimate of drug-likeness (QED) is 0.741. The van der Waals surface area contributed by atoms with Gasteiger partial charge >= 0.3 is 5.97 Å². The number of hydrogen-bond donors (Lipinski definition) is 0. The van der Waals surface area contributed by atoms with Gasteiger partial charge in [-0.1, -0.05) is 44.2 Å². The van der Waals surface area contributed by atoms with Gasteiger partial charge in [-0.25, -0.2) is 0 Å².